The van der Waals surface area contributed by atoms with Crippen LogP contribution in [0.3, 0.4) is 0 Å². The molecule has 0 bridgehead atoms. The molecule has 1 unspecified atom stereocenters. The molecule has 224 valence electrons. The number of benzene rings is 4. The highest BCUT2D eigenvalue weighted by Crippen LogP contribution is 2.51. The van der Waals surface area contributed by atoms with Crippen LogP contribution in [0.25, 0.3) is 0 Å². The molecule has 0 N–H and O–H groups in total. The van der Waals surface area contributed by atoms with Gasteiger partial charge in [0, 0.05) is 79.8 Å². The molecule has 6 heteroatoms. The molecule has 43 heavy (non-hydrogen) atoms. The number of aryl methyl sites for hydroxylation is 1. The van der Waals surface area contributed by atoms with Crippen LogP contribution < -0.4 is 19.6 Å². The van der Waals surface area contributed by atoms with Gasteiger partial charge in [0.15, 0.2) is 0 Å². The Hall–Kier alpha value is -4.45. The van der Waals surface area contributed by atoms with Crippen LogP contribution in [0.4, 0.5) is 28.4 Å². The average Bonchev–Trinajstić information content (AvgIpc) is 3.32. The Morgan fingerprint density at radius 3 is 1.63 bits per heavy atom. The predicted octanol–water partition coefficient (Wildman–Crippen LogP) is 7.96. The van der Waals surface area contributed by atoms with Gasteiger partial charge in [-0.05, 0) is 107 Å². The molecule has 0 fully saturated rings. The molecule has 5 rings (SSSR count). The molecule has 0 amide bonds. The highest BCUT2D eigenvalue weighted by molar-refractivity contribution is 5.97. The normalized spacial score (nSPS) is 15.6. The SMILES string of the molecule is CCN(CC)c1ccc(N(c2ccc(N(C)C)cc2)C2(c3ccc(N(CC)CC)cc3C)OC(=O)c3ccccc32)cc1. The van der Waals surface area contributed by atoms with E-state index in [-0.39, 0.29) is 5.97 Å². The fourth-order valence-electron chi connectivity index (χ4n) is 6.31. The minimum atomic E-state index is -1.21. The molecule has 4 aromatic carbocycles. The van der Waals surface area contributed by atoms with Crippen molar-refractivity contribution < 1.29 is 9.53 Å². The molecule has 0 aromatic heterocycles. The zero-order valence-corrected chi connectivity index (χ0v) is 26.6. The third kappa shape index (κ3) is 5.31. The molecule has 6 nitrogen and oxygen atoms in total. The quantitative estimate of drug-likeness (QED) is 0.169. The Labute approximate surface area is 257 Å². The van der Waals surface area contributed by atoms with Crippen molar-refractivity contribution in [2.45, 2.75) is 40.3 Å². The van der Waals surface area contributed by atoms with Gasteiger partial charge in [0.25, 0.3) is 0 Å². The van der Waals surface area contributed by atoms with E-state index in [4.69, 9.17) is 4.74 Å². The monoisotopic (exact) mass is 576 g/mol. The number of esters is 1. The number of hydrogen-bond donors (Lipinski definition) is 0. The second-order valence-corrected chi connectivity index (χ2v) is 11.2. The molecule has 1 aliphatic rings. The van der Waals surface area contributed by atoms with Crippen LogP contribution in [0.5, 0.6) is 0 Å². The smallest absolute Gasteiger partial charge is 0.341 e. The van der Waals surface area contributed by atoms with E-state index in [2.05, 4.69) is 121 Å². The molecule has 1 atom stereocenters. The van der Waals surface area contributed by atoms with Gasteiger partial charge in [-0.3, -0.25) is 4.90 Å². The van der Waals surface area contributed by atoms with E-state index in [0.717, 1.165) is 71.3 Å². The standard InChI is InChI=1S/C37H44N4O2/c1-8-39(9-2)29-18-22-31(23-19-29)41(30-20-16-28(17-21-30)38(6)7)37(35-15-13-12-14-33(35)36(42)43-37)34-25-24-32(26-27(34)5)40(10-3)11-4/h12-26H,8-11H2,1-7H3. The lowest BCUT2D eigenvalue weighted by atomic mass is 9.87. The molecule has 1 aliphatic heterocycles. The number of ether oxygens (including phenoxy) is 1. The van der Waals surface area contributed by atoms with Crippen molar-refractivity contribution in [1.29, 1.82) is 0 Å². The van der Waals surface area contributed by atoms with Gasteiger partial charge in [-0.1, -0.05) is 24.3 Å². The average molecular weight is 577 g/mol. The van der Waals surface area contributed by atoms with Crippen LogP contribution >= 0.6 is 0 Å². The molecular formula is C37H44N4O2. The summed E-state index contributed by atoms with van der Waals surface area (Å²) in [4.78, 5) is 22.6. The maximum atomic E-state index is 13.7. The number of anilines is 5. The predicted molar refractivity (Wildman–Crippen MR) is 180 cm³/mol. The lowest BCUT2D eigenvalue weighted by molar-refractivity contribution is 0.0132. The van der Waals surface area contributed by atoms with Crippen molar-refractivity contribution >= 4 is 34.4 Å². The lowest BCUT2D eigenvalue weighted by Gasteiger charge is -2.43. The summed E-state index contributed by atoms with van der Waals surface area (Å²) < 4.78 is 6.66. The van der Waals surface area contributed by atoms with Gasteiger partial charge in [-0.25, -0.2) is 4.79 Å². The Bertz CT molecular complexity index is 1560. The zero-order chi connectivity index (χ0) is 30.7. The van der Waals surface area contributed by atoms with Crippen LogP contribution in [-0.2, 0) is 10.5 Å². The van der Waals surface area contributed by atoms with Crippen LogP contribution in [0.15, 0.2) is 91.0 Å². The van der Waals surface area contributed by atoms with Gasteiger partial charge >= 0.3 is 5.97 Å². The Balaban J connectivity index is 1.80. The fraction of sp³-hybridized carbons (Fsp3) is 0.324. The van der Waals surface area contributed by atoms with Crippen molar-refractivity contribution in [3.8, 4) is 0 Å². The largest absolute Gasteiger partial charge is 0.426 e. The first-order valence-corrected chi connectivity index (χ1v) is 15.4. The van der Waals surface area contributed by atoms with Crippen molar-refractivity contribution in [3.63, 3.8) is 0 Å². The number of cyclic esters (lactones) is 1. The number of carbonyl (C=O) groups excluding carboxylic acids is 1. The van der Waals surface area contributed by atoms with Crippen LogP contribution in [0.2, 0.25) is 0 Å². The third-order valence-corrected chi connectivity index (χ3v) is 8.63. The van der Waals surface area contributed by atoms with Gasteiger partial charge < -0.3 is 19.4 Å². The van der Waals surface area contributed by atoms with Gasteiger partial charge in [-0.2, -0.15) is 0 Å². The first-order valence-electron chi connectivity index (χ1n) is 15.4. The summed E-state index contributed by atoms with van der Waals surface area (Å²) in [6.07, 6.45) is 0. The van der Waals surface area contributed by atoms with Crippen LogP contribution in [0, 0.1) is 6.92 Å². The van der Waals surface area contributed by atoms with Gasteiger partial charge in [0.05, 0.1) is 5.56 Å². The summed E-state index contributed by atoms with van der Waals surface area (Å²) in [5.41, 5.74) is 7.48. The number of hydrogen-bond acceptors (Lipinski definition) is 6. The van der Waals surface area contributed by atoms with Crippen LogP contribution in [-0.4, -0.2) is 46.2 Å². The van der Waals surface area contributed by atoms with Gasteiger partial charge in [-0.15, -0.1) is 0 Å². The highest BCUT2D eigenvalue weighted by atomic mass is 16.6. The summed E-state index contributed by atoms with van der Waals surface area (Å²) in [6.45, 7) is 14.5. The topological polar surface area (TPSA) is 39.3 Å². The molecule has 0 saturated carbocycles. The number of fused-ring (bicyclic) bond motifs is 1. The zero-order valence-electron chi connectivity index (χ0n) is 26.6. The van der Waals surface area contributed by atoms with Gasteiger partial charge in [0.2, 0.25) is 5.72 Å². The second kappa shape index (κ2) is 12.4. The highest BCUT2D eigenvalue weighted by Gasteiger charge is 2.53. The maximum Gasteiger partial charge on any atom is 0.341 e. The summed E-state index contributed by atoms with van der Waals surface area (Å²) in [6, 6.07) is 31.4. The van der Waals surface area contributed by atoms with Crippen LogP contribution in [0.1, 0.15) is 54.7 Å². The number of nitrogens with zero attached hydrogens (tertiary/aromatic N) is 4. The van der Waals surface area contributed by atoms with E-state index < -0.39 is 5.72 Å². The minimum absolute atomic E-state index is 0.322. The summed E-state index contributed by atoms with van der Waals surface area (Å²) >= 11 is 0. The van der Waals surface area contributed by atoms with E-state index in [0.29, 0.717) is 5.56 Å². The van der Waals surface area contributed by atoms with Gasteiger partial charge in [0.1, 0.15) is 0 Å². The number of carbonyl (C=O) groups is 1. The van der Waals surface area contributed by atoms with Crippen molar-refractivity contribution in [1.82, 2.24) is 0 Å². The molecule has 0 spiro atoms. The Morgan fingerprint density at radius 1 is 0.605 bits per heavy atom. The van der Waals surface area contributed by atoms with E-state index in [1.807, 2.05) is 38.4 Å². The summed E-state index contributed by atoms with van der Waals surface area (Å²) in [5.74, 6) is -0.322. The number of rotatable bonds is 11. The summed E-state index contributed by atoms with van der Waals surface area (Å²) in [7, 11) is 4.08. The third-order valence-electron chi connectivity index (χ3n) is 8.63. The summed E-state index contributed by atoms with van der Waals surface area (Å²) in [5, 5.41) is 0. The van der Waals surface area contributed by atoms with E-state index >= 15 is 0 Å². The van der Waals surface area contributed by atoms with Crippen molar-refractivity contribution in [3.05, 3.63) is 113 Å². The molecule has 0 radical (unpaired) electrons. The van der Waals surface area contributed by atoms with E-state index in [9.17, 15) is 4.79 Å². The molecule has 4 aromatic rings. The van der Waals surface area contributed by atoms with Crippen molar-refractivity contribution in [2.75, 3.05) is 59.9 Å². The first kappa shape index (κ1) is 30.0. The molecule has 0 aliphatic carbocycles. The van der Waals surface area contributed by atoms with Crippen molar-refractivity contribution in [2.24, 2.45) is 0 Å². The van der Waals surface area contributed by atoms with E-state index in [1.54, 1.807) is 0 Å². The molecule has 0 saturated heterocycles. The lowest BCUT2D eigenvalue weighted by Crippen LogP contribution is -2.45. The maximum absolute atomic E-state index is 13.7. The minimum Gasteiger partial charge on any atom is -0.426 e. The first-order chi connectivity index (χ1) is 20.8. The van der Waals surface area contributed by atoms with E-state index in [1.165, 1.54) is 0 Å². The molecular weight excluding hydrogens is 532 g/mol. The molecule has 1 heterocycles. The second-order valence-electron chi connectivity index (χ2n) is 11.2. The Kier molecular flexibility index (Phi) is 8.67. The fourth-order valence-corrected chi connectivity index (χ4v) is 6.31. The Morgan fingerprint density at radius 2 is 1.09 bits per heavy atom.